The van der Waals surface area contributed by atoms with Gasteiger partial charge in [0, 0.05) is 90.9 Å². The first-order valence-corrected chi connectivity index (χ1v) is 16.3. The number of primary amides is 1. The summed E-state index contributed by atoms with van der Waals surface area (Å²) in [5, 5.41) is 8.58. The number of nitrogens with two attached hydrogens (primary N) is 1. The van der Waals surface area contributed by atoms with Crippen molar-refractivity contribution in [3.05, 3.63) is 53.1 Å². The van der Waals surface area contributed by atoms with Gasteiger partial charge in [0.1, 0.15) is 6.61 Å². The third-order valence-electron chi connectivity index (χ3n) is 7.32. The zero-order valence-corrected chi connectivity index (χ0v) is 28.6. The quantitative estimate of drug-likeness (QED) is 0.143. The number of carbonyl (C=O) groups is 4. The standard InChI is InChI=1S/C30H40N4O7.C5H12O2/c1-3-13-32-26(35)9-5-10-27(36)34-20-11-12-22-24(18-20)25(19-41-30(31)38)21-7-4-8-23(28(21)22)29(37)33-14-17-40-16-6-15-39-2;1-6-4-3-5-7-2/h4,7-8,11-12,18,25H,3,5-6,9-10,13-17,19H2,1-2H3,(H2,31,38)(H,32,35)(H,33,37)(H,34,36);3-5H2,1-2H3/i/hD. The molecule has 2 aromatic carbocycles. The number of ether oxygens (including phenoxy) is 5. The molecule has 48 heavy (non-hydrogen) atoms. The molecule has 2 aromatic rings. The predicted molar refractivity (Wildman–Crippen MR) is 183 cm³/mol. The average Bonchev–Trinajstić information content (AvgIpc) is 3.42. The number of hydrogen-bond acceptors (Lipinski definition) is 9. The Bertz CT molecular complexity index is 1320. The highest BCUT2D eigenvalue weighted by atomic mass is 16.5. The maximum absolute atomic E-state index is 13.2. The summed E-state index contributed by atoms with van der Waals surface area (Å²) in [4.78, 5) is 49.3. The van der Waals surface area contributed by atoms with Crippen LogP contribution in [0.15, 0.2) is 36.4 Å². The fourth-order valence-corrected chi connectivity index (χ4v) is 5.09. The third kappa shape index (κ3) is 14.0. The summed E-state index contributed by atoms with van der Waals surface area (Å²) in [5.41, 5.74) is 5.82. The Hall–Kier alpha value is -4.04. The van der Waals surface area contributed by atoms with Gasteiger partial charge in [-0.1, -0.05) is 25.1 Å². The molecule has 3 rings (SSSR count). The molecule has 0 spiro atoms. The van der Waals surface area contributed by atoms with E-state index >= 15 is 0 Å². The first kappa shape index (κ1) is 38.4. The van der Waals surface area contributed by atoms with Gasteiger partial charge in [-0.05, 0) is 66.1 Å². The van der Waals surface area contributed by atoms with Crippen LogP contribution >= 0.6 is 0 Å². The van der Waals surface area contributed by atoms with E-state index in [1.807, 2.05) is 25.1 Å². The number of hydrogen-bond donors (Lipinski definition) is 4. The van der Waals surface area contributed by atoms with Crippen molar-refractivity contribution in [2.24, 2.45) is 5.73 Å². The SMILES string of the molecule is COCCCOC.[2H]NC(=O)OCC1c2cc(NC(=O)CCCC(=O)NCCC)ccc2-c2c(C(=O)NCCOCCCOC)cccc21. The summed E-state index contributed by atoms with van der Waals surface area (Å²) < 4.78 is 32.4. The van der Waals surface area contributed by atoms with Crippen LogP contribution < -0.4 is 21.7 Å². The van der Waals surface area contributed by atoms with E-state index in [0.29, 0.717) is 50.6 Å². The lowest BCUT2D eigenvalue weighted by Gasteiger charge is -2.14. The van der Waals surface area contributed by atoms with Crippen molar-refractivity contribution < 1.29 is 44.3 Å². The molecule has 0 saturated carbocycles. The van der Waals surface area contributed by atoms with Gasteiger partial charge >= 0.3 is 6.09 Å². The summed E-state index contributed by atoms with van der Waals surface area (Å²) >= 11 is 0. The van der Waals surface area contributed by atoms with Crippen molar-refractivity contribution >= 4 is 29.5 Å². The molecule has 1 unspecified atom stereocenters. The monoisotopic (exact) mass is 673 g/mol. The Balaban J connectivity index is 0.00000107. The minimum Gasteiger partial charge on any atom is -0.449 e. The van der Waals surface area contributed by atoms with Gasteiger partial charge in [-0.25, -0.2) is 4.79 Å². The summed E-state index contributed by atoms with van der Waals surface area (Å²) in [6.45, 7) is 5.98. The van der Waals surface area contributed by atoms with E-state index in [-0.39, 0.29) is 37.2 Å². The highest BCUT2D eigenvalue weighted by Crippen LogP contribution is 2.47. The summed E-state index contributed by atoms with van der Waals surface area (Å²) in [7, 11) is 5.01. The molecule has 5 N–H and O–H groups in total. The highest BCUT2D eigenvalue weighted by Gasteiger charge is 2.33. The van der Waals surface area contributed by atoms with E-state index in [1.54, 1.807) is 45.3 Å². The van der Waals surface area contributed by atoms with Gasteiger partial charge in [0.15, 0.2) is 1.41 Å². The predicted octanol–water partition coefficient (Wildman–Crippen LogP) is 3.98. The molecule has 0 aliphatic heterocycles. The van der Waals surface area contributed by atoms with Crippen LogP contribution in [0.4, 0.5) is 10.5 Å². The molecule has 0 fully saturated rings. The lowest BCUT2D eigenvalue weighted by molar-refractivity contribution is -0.121. The van der Waals surface area contributed by atoms with E-state index < -0.39 is 12.0 Å². The van der Waals surface area contributed by atoms with Gasteiger partial charge in [0.25, 0.3) is 5.91 Å². The van der Waals surface area contributed by atoms with Gasteiger partial charge < -0.3 is 45.4 Å². The van der Waals surface area contributed by atoms with Crippen LogP contribution in [0.5, 0.6) is 0 Å². The molecule has 1 atom stereocenters. The molecule has 266 valence electrons. The number of fused-ring (bicyclic) bond motifs is 3. The van der Waals surface area contributed by atoms with E-state index in [9.17, 15) is 19.2 Å². The smallest absolute Gasteiger partial charge is 0.404 e. The molecule has 13 nitrogen and oxygen atoms in total. The fraction of sp³-hybridized carbons (Fsp3) is 0.543. The topological polar surface area (TPSA) is 177 Å². The molecule has 13 heteroatoms. The van der Waals surface area contributed by atoms with Gasteiger partial charge in [0.2, 0.25) is 11.8 Å². The van der Waals surface area contributed by atoms with Crippen molar-refractivity contribution in [1.82, 2.24) is 10.6 Å². The summed E-state index contributed by atoms with van der Waals surface area (Å²) in [6.07, 6.45) is 2.61. The van der Waals surface area contributed by atoms with Gasteiger partial charge in [-0.3, -0.25) is 14.4 Å². The van der Waals surface area contributed by atoms with Crippen molar-refractivity contribution in [2.45, 2.75) is 51.4 Å². The maximum Gasteiger partial charge on any atom is 0.404 e. The lowest BCUT2D eigenvalue weighted by atomic mass is 9.96. The number of rotatable bonds is 21. The van der Waals surface area contributed by atoms with Crippen molar-refractivity contribution in [1.29, 1.82) is 0 Å². The highest BCUT2D eigenvalue weighted by molar-refractivity contribution is 6.04. The first-order chi connectivity index (χ1) is 23.8. The molecule has 1 aliphatic carbocycles. The molecule has 0 aromatic heterocycles. The number of amides is 4. The minimum absolute atomic E-state index is 0.0601. The second kappa shape index (κ2) is 23.3. The fourth-order valence-electron chi connectivity index (χ4n) is 5.09. The Morgan fingerprint density at radius 2 is 1.52 bits per heavy atom. The van der Waals surface area contributed by atoms with Crippen molar-refractivity contribution in [2.75, 3.05) is 79.4 Å². The van der Waals surface area contributed by atoms with Gasteiger partial charge in [0.05, 0.1) is 6.61 Å². The van der Waals surface area contributed by atoms with E-state index in [4.69, 9.17) is 25.1 Å². The van der Waals surface area contributed by atoms with Crippen molar-refractivity contribution in [3.8, 4) is 11.1 Å². The summed E-state index contributed by atoms with van der Waals surface area (Å²) in [6, 6.07) is 10.8. The molecule has 0 heterocycles. The second-order valence-electron chi connectivity index (χ2n) is 11.0. The molecule has 0 bridgehead atoms. The van der Waals surface area contributed by atoms with Crippen LogP contribution in [-0.4, -0.2) is 97.9 Å². The Morgan fingerprint density at radius 3 is 2.21 bits per heavy atom. The van der Waals surface area contributed by atoms with E-state index in [0.717, 1.165) is 54.7 Å². The van der Waals surface area contributed by atoms with Gasteiger partial charge in [-0.2, -0.15) is 0 Å². The van der Waals surface area contributed by atoms with Crippen LogP contribution in [0.3, 0.4) is 0 Å². The Kier molecular flexibility index (Phi) is 18.7. The average molecular weight is 674 g/mol. The first-order valence-electron chi connectivity index (χ1n) is 16.8. The molecule has 1 aliphatic rings. The zero-order valence-electron chi connectivity index (χ0n) is 29.6. The lowest BCUT2D eigenvalue weighted by Crippen LogP contribution is -2.28. The van der Waals surface area contributed by atoms with Crippen LogP contribution in [0.1, 0.15) is 72.9 Å². The number of benzene rings is 2. The Morgan fingerprint density at radius 1 is 0.812 bits per heavy atom. The largest absolute Gasteiger partial charge is 0.449 e. The van der Waals surface area contributed by atoms with Crippen LogP contribution in [0, 0.1) is 0 Å². The normalized spacial score (nSPS) is 12.8. The number of carbonyl (C=O) groups excluding carboxylic acids is 4. The van der Waals surface area contributed by atoms with Crippen LogP contribution in [-0.2, 0) is 33.3 Å². The van der Waals surface area contributed by atoms with Crippen LogP contribution in [0.25, 0.3) is 11.1 Å². The molecular formula is C35H52N4O9. The second-order valence-corrected chi connectivity index (χ2v) is 11.0. The number of methoxy groups -OCH3 is 3. The van der Waals surface area contributed by atoms with Gasteiger partial charge in [-0.15, -0.1) is 0 Å². The number of anilines is 1. The van der Waals surface area contributed by atoms with Crippen LogP contribution in [0.2, 0.25) is 1.41 Å². The molecule has 4 amide bonds. The molecule has 0 saturated heterocycles. The maximum atomic E-state index is 13.2. The zero-order chi connectivity index (χ0) is 35.9. The molecule has 0 radical (unpaired) electrons. The molecular weight excluding hydrogens is 620 g/mol. The number of nitrogens with one attached hydrogen (secondary N) is 3. The summed E-state index contributed by atoms with van der Waals surface area (Å²) in [5.74, 6) is -0.971. The minimum atomic E-state index is -0.892. The Labute approximate surface area is 285 Å². The third-order valence-corrected chi connectivity index (χ3v) is 7.32. The van der Waals surface area contributed by atoms with Crippen molar-refractivity contribution in [3.63, 3.8) is 0 Å². The van der Waals surface area contributed by atoms with E-state index in [2.05, 4.69) is 16.0 Å². The van der Waals surface area contributed by atoms with E-state index in [1.165, 1.54) is 0 Å².